The topological polar surface area (TPSA) is 27.6 Å². The first-order valence-corrected chi connectivity index (χ1v) is 8.08. The Morgan fingerprint density at radius 3 is 2.59 bits per heavy atom. The SMILES string of the molecule is c1ccc(NN=C2CCN3CCc4ccccc4C3C2)cc1. The molecule has 1 N–H and O–H groups in total. The number of nitrogens with one attached hydrogen (secondary N) is 1. The predicted octanol–water partition coefficient (Wildman–Crippen LogP) is 3.85. The molecule has 2 aliphatic rings. The third-order valence-electron chi connectivity index (χ3n) is 4.76. The van der Waals surface area contributed by atoms with Crippen LogP contribution in [0.4, 0.5) is 5.69 Å². The van der Waals surface area contributed by atoms with Crippen molar-refractivity contribution in [3.8, 4) is 0 Å². The van der Waals surface area contributed by atoms with Crippen LogP contribution in [-0.2, 0) is 6.42 Å². The molecule has 22 heavy (non-hydrogen) atoms. The molecule has 3 heteroatoms. The Balaban J connectivity index is 1.53. The minimum absolute atomic E-state index is 0.509. The molecule has 0 radical (unpaired) electrons. The molecule has 0 spiro atoms. The predicted molar refractivity (Wildman–Crippen MR) is 91.2 cm³/mol. The molecule has 0 aliphatic carbocycles. The second kappa shape index (κ2) is 5.93. The van der Waals surface area contributed by atoms with Gasteiger partial charge in [0.2, 0.25) is 0 Å². The summed E-state index contributed by atoms with van der Waals surface area (Å²) in [4.78, 5) is 2.61. The van der Waals surface area contributed by atoms with Crippen LogP contribution in [0.15, 0.2) is 59.7 Å². The summed E-state index contributed by atoms with van der Waals surface area (Å²) in [6.45, 7) is 2.30. The number of rotatable bonds is 2. The van der Waals surface area contributed by atoms with Gasteiger partial charge in [0, 0.05) is 37.7 Å². The van der Waals surface area contributed by atoms with Crippen LogP contribution in [-0.4, -0.2) is 23.7 Å². The van der Waals surface area contributed by atoms with Gasteiger partial charge in [0.25, 0.3) is 0 Å². The number of nitrogens with zero attached hydrogens (tertiary/aromatic N) is 2. The fourth-order valence-corrected chi connectivity index (χ4v) is 3.57. The number of hydrazone groups is 1. The summed E-state index contributed by atoms with van der Waals surface area (Å²) in [5.74, 6) is 0. The van der Waals surface area contributed by atoms with Crippen LogP contribution in [0.1, 0.15) is 30.0 Å². The zero-order chi connectivity index (χ0) is 14.8. The Labute approximate surface area is 131 Å². The minimum atomic E-state index is 0.509. The summed E-state index contributed by atoms with van der Waals surface area (Å²) < 4.78 is 0. The molecule has 4 rings (SSSR count). The van der Waals surface area contributed by atoms with Gasteiger partial charge in [-0.15, -0.1) is 0 Å². The third kappa shape index (κ3) is 2.64. The van der Waals surface area contributed by atoms with Crippen LogP contribution < -0.4 is 5.43 Å². The summed E-state index contributed by atoms with van der Waals surface area (Å²) >= 11 is 0. The van der Waals surface area contributed by atoms with Gasteiger partial charge in [-0.2, -0.15) is 5.10 Å². The lowest BCUT2D eigenvalue weighted by Gasteiger charge is -2.40. The number of benzene rings is 2. The average Bonchev–Trinajstić information content (AvgIpc) is 2.60. The molecule has 3 nitrogen and oxygen atoms in total. The van der Waals surface area contributed by atoms with Gasteiger partial charge in [-0.05, 0) is 29.7 Å². The van der Waals surface area contributed by atoms with Crippen LogP contribution in [0.5, 0.6) is 0 Å². The zero-order valence-corrected chi connectivity index (χ0v) is 12.7. The maximum absolute atomic E-state index is 4.66. The number of anilines is 1. The number of hydrogen-bond acceptors (Lipinski definition) is 3. The Bertz CT molecular complexity index is 678. The van der Waals surface area contributed by atoms with Crippen molar-refractivity contribution in [3.05, 3.63) is 65.7 Å². The van der Waals surface area contributed by atoms with Gasteiger partial charge in [-0.3, -0.25) is 10.3 Å². The highest BCUT2D eigenvalue weighted by Crippen LogP contribution is 2.35. The van der Waals surface area contributed by atoms with E-state index in [2.05, 4.69) is 51.8 Å². The molecule has 2 aromatic carbocycles. The van der Waals surface area contributed by atoms with Crippen molar-refractivity contribution >= 4 is 11.4 Å². The molecule has 1 saturated heterocycles. The molecule has 2 aromatic rings. The van der Waals surface area contributed by atoms with E-state index in [9.17, 15) is 0 Å². The first-order valence-electron chi connectivity index (χ1n) is 8.08. The molecule has 0 amide bonds. The van der Waals surface area contributed by atoms with E-state index in [1.807, 2.05) is 18.2 Å². The van der Waals surface area contributed by atoms with Crippen molar-refractivity contribution in [2.75, 3.05) is 18.5 Å². The molecule has 0 bridgehead atoms. The van der Waals surface area contributed by atoms with E-state index < -0.39 is 0 Å². The van der Waals surface area contributed by atoms with Gasteiger partial charge in [0.15, 0.2) is 0 Å². The Kier molecular flexibility index (Phi) is 3.65. The van der Waals surface area contributed by atoms with Crippen molar-refractivity contribution in [3.63, 3.8) is 0 Å². The van der Waals surface area contributed by atoms with Crippen LogP contribution >= 0.6 is 0 Å². The summed E-state index contributed by atoms with van der Waals surface area (Å²) in [6, 6.07) is 19.6. The minimum Gasteiger partial charge on any atom is -0.295 e. The van der Waals surface area contributed by atoms with Crippen molar-refractivity contribution in [2.24, 2.45) is 5.10 Å². The first kappa shape index (κ1) is 13.5. The van der Waals surface area contributed by atoms with Gasteiger partial charge in [0.05, 0.1) is 5.69 Å². The summed E-state index contributed by atoms with van der Waals surface area (Å²) in [6.07, 6.45) is 3.29. The van der Waals surface area contributed by atoms with Gasteiger partial charge in [0.1, 0.15) is 0 Å². The molecular formula is C19H21N3. The zero-order valence-electron chi connectivity index (χ0n) is 12.7. The average molecular weight is 291 g/mol. The van der Waals surface area contributed by atoms with E-state index in [1.54, 1.807) is 0 Å². The molecule has 2 heterocycles. The van der Waals surface area contributed by atoms with Crippen molar-refractivity contribution in [2.45, 2.75) is 25.3 Å². The lowest BCUT2D eigenvalue weighted by atomic mass is 9.86. The van der Waals surface area contributed by atoms with E-state index in [0.717, 1.165) is 25.1 Å². The monoisotopic (exact) mass is 291 g/mol. The van der Waals surface area contributed by atoms with Gasteiger partial charge in [-0.1, -0.05) is 42.5 Å². The highest BCUT2D eigenvalue weighted by Gasteiger charge is 2.31. The van der Waals surface area contributed by atoms with Gasteiger partial charge < -0.3 is 0 Å². The smallest absolute Gasteiger partial charge is 0.0561 e. The summed E-state index contributed by atoms with van der Waals surface area (Å²) in [7, 11) is 0. The number of fused-ring (bicyclic) bond motifs is 3. The van der Waals surface area contributed by atoms with Crippen LogP contribution in [0.2, 0.25) is 0 Å². The molecule has 0 saturated carbocycles. The standard InChI is InChI=1S/C19H21N3/c1-2-7-16(8-3-1)20-21-17-11-13-22-12-10-15-6-4-5-9-18(15)19(22)14-17/h1-9,19-20H,10-14H2. The van der Waals surface area contributed by atoms with Crippen molar-refractivity contribution in [1.82, 2.24) is 4.90 Å². The Morgan fingerprint density at radius 2 is 1.68 bits per heavy atom. The summed E-state index contributed by atoms with van der Waals surface area (Å²) in [5, 5.41) is 4.66. The third-order valence-corrected chi connectivity index (χ3v) is 4.76. The van der Waals surface area contributed by atoms with Crippen molar-refractivity contribution < 1.29 is 0 Å². The lowest BCUT2D eigenvalue weighted by Crippen LogP contribution is -2.41. The van der Waals surface area contributed by atoms with Gasteiger partial charge >= 0.3 is 0 Å². The molecule has 1 atom stereocenters. The highest BCUT2D eigenvalue weighted by atomic mass is 15.3. The molecule has 0 aromatic heterocycles. The van der Waals surface area contributed by atoms with E-state index in [1.165, 1.54) is 29.8 Å². The number of piperidine rings is 1. The quantitative estimate of drug-likeness (QED) is 0.851. The van der Waals surface area contributed by atoms with Crippen molar-refractivity contribution in [1.29, 1.82) is 0 Å². The molecular weight excluding hydrogens is 270 g/mol. The molecule has 2 aliphatic heterocycles. The van der Waals surface area contributed by atoms with E-state index in [0.29, 0.717) is 6.04 Å². The normalized spacial score (nSPS) is 22.9. The maximum Gasteiger partial charge on any atom is 0.0561 e. The van der Waals surface area contributed by atoms with Gasteiger partial charge in [-0.25, -0.2) is 0 Å². The second-order valence-electron chi connectivity index (χ2n) is 6.11. The second-order valence-corrected chi connectivity index (χ2v) is 6.11. The molecule has 1 fully saturated rings. The summed E-state index contributed by atoms with van der Waals surface area (Å²) in [5.41, 5.74) is 8.56. The molecule has 112 valence electrons. The van der Waals surface area contributed by atoms with E-state index in [4.69, 9.17) is 0 Å². The first-order chi connectivity index (χ1) is 10.9. The van der Waals surface area contributed by atoms with E-state index >= 15 is 0 Å². The number of hydrogen-bond donors (Lipinski definition) is 1. The van der Waals surface area contributed by atoms with Crippen LogP contribution in [0.25, 0.3) is 0 Å². The van der Waals surface area contributed by atoms with E-state index in [-0.39, 0.29) is 0 Å². The molecule has 1 unspecified atom stereocenters. The fraction of sp³-hybridized carbons (Fsp3) is 0.316. The lowest BCUT2D eigenvalue weighted by molar-refractivity contribution is 0.180. The fourth-order valence-electron chi connectivity index (χ4n) is 3.57. The Morgan fingerprint density at radius 1 is 0.909 bits per heavy atom. The van der Waals surface area contributed by atoms with Crippen LogP contribution in [0.3, 0.4) is 0 Å². The Hall–Kier alpha value is -2.13. The number of para-hydroxylation sites is 1. The highest BCUT2D eigenvalue weighted by molar-refractivity contribution is 5.86. The van der Waals surface area contributed by atoms with Crippen LogP contribution in [0, 0.1) is 0 Å². The maximum atomic E-state index is 4.66. The largest absolute Gasteiger partial charge is 0.295 e.